The van der Waals surface area contributed by atoms with Gasteiger partial charge in [-0.25, -0.2) is 0 Å². The number of nitrogens with zero attached hydrogens (tertiary/aromatic N) is 3. The lowest BCUT2D eigenvalue weighted by atomic mass is 9.98. The van der Waals surface area contributed by atoms with E-state index in [1.165, 1.54) is 36.5 Å². The minimum Gasteiger partial charge on any atom is -0.355 e. The van der Waals surface area contributed by atoms with Gasteiger partial charge in [-0.05, 0) is 25.7 Å². The lowest BCUT2D eigenvalue weighted by Crippen LogP contribution is -2.47. The molecule has 2 fully saturated rings. The van der Waals surface area contributed by atoms with E-state index in [4.69, 9.17) is 0 Å². The molecule has 1 aromatic carbocycles. The second-order valence-corrected chi connectivity index (χ2v) is 6.13. The fourth-order valence-electron chi connectivity index (χ4n) is 3.79. The molecule has 0 spiro atoms. The van der Waals surface area contributed by atoms with Gasteiger partial charge in [-0.1, -0.05) is 24.3 Å². The zero-order valence-electron chi connectivity index (χ0n) is 11.8. The van der Waals surface area contributed by atoms with E-state index in [2.05, 4.69) is 51.7 Å². The summed E-state index contributed by atoms with van der Waals surface area (Å²) in [6.45, 7) is 0. The van der Waals surface area contributed by atoms with Gasteiger partial charge in [0.25, 0.3) is 0 Å². The number of piperidine rings is 1. The third-order valence-electron chi connectivity index (χ3n) is 4.88. The largest absolute Gasteiger partial charge is 0.355 e. The molecule has 4 rings (SSSR count). The van der Waals surface area contributed by atoms with Crippen LogP contribution < -0.4 is 10.2 Å². The minimum atomic E-state index is 0.578. The Bertz CT molecular complexity index is 609. The smallest absolute Gasteiger partial charge is 0.159 e. The summed E-state index contributed by atoms with van der Waals surface area (Å²) in [7, 11) is 2.17. The van der Waals surface area contributed by atoms with Crippen molar-refractivity contribution in [3.05, 3.63) is 30.5 Å². The molecule has 2 atom stereocenters. The maximum Gasteiger partial charge on any atom is 0.159 e. The Hall–Kier alpha value is -1.68. The fraction of sp³-hybridized carbons (Fsp3) is 0.500. The minimum absolute atomic E-state index is 0.578. The molecule has 4 heteroatoms. The summed E-state index contributed by atoms with van der Waals surface area (Å²) >= 11 is 0. The number of anilines is 1. The predicted octanol–water partition coefficient (Wildman–Crippen LogP) is 2.35. The summed E-state index contributed by atoms with van der Waals surface area (Å²) in [6.07, 6.45) is 6.95. The molecule has 2 bridgehead atoms. The molecular weight excluding hydrogens is 248 g/mol. The highest BCUT2D eigenvalue weighted by molar-refractivity contribution is 5.91. The molecule has 0 aliphatic carbocycles. The van der Waals surface area contributed by atoms with Crippen LogP contribution in [0.25, 0.3) is 10.8 Å². The molecule has 2 aliphatic heterocycles. The van der Waals surface area contributed by atoms with Crippen LogP contribution in [0.15, 0.2) is 30.5 Å². The summed E-state index contributed by atoms with van der Waals surface area (Å²) in [6, 6.07) is 10.4. The molecule has 104 valence electrons. The lowest BCUT2D eigenvalue weighted by molar-refractivity contribution is 0.354. The third kappa shape index (κ3) is 1.95. The number of hydrogen-bond donors (Lipinski definition) is 1. The number of benzene rings is 1. The first-order valence-electron chi connectivity index (χ1n) is 7.50. The molecule has 2 aromatic rings. The van der Waals surface area contributed by atoms with E-state index in [1.807, 2.05) is 6.20 Å². The van der Waals surface area contributed by atoms with Crippen LogP contribution in [0.2, 0.25) is 0 Å². The number of hydrogen-bond acceptors (Lipinski definition) is 4. The number of aromatic nitrogens is 2. The van der Waals surface area contributed by atoms with Crippen LogP contribution in [0.4, 0.5) is 5.82 Å². The van der Waals surface area contributed by atoms with E-state index in [0.717, 1.165) is 5.82 Å². The van der Waals surface area contributed by atoms with Crippen LogP contribution in [-0.2, 0) is 0 Å². The van der Waals surface area contributed by atoms with Gasteiger partial charge in [0.05, 0.1) is 6.20 Å². The van der Waals surface area contributed by atoms with Crippen molar-refractivity contribution >= 4 is 16.6 Å². The van der Waals surface area contributed by atoms with Crippen molar-refractivity contribution in [3.8, 4) is 0 Å². The van der Waals surface area contributed by atoms with E-state index < -0.39 is 0 Å². The molecule has 0 radical (unpaired) electrons. The Morgan fingerprint density at radius 3 is 2.70 bits per heavy atom. The van der Waals surface area contributed by atoms with Crippen LogP contribution in [-0.4, -0.2) is 35.4 Å². The van der Waals surface area contributed by atoms with Crippen molar-refractivity contribution in [1.82, 2.24) is 15.5 Å². The molecule has 2 unspecified atom stereocenters. The third-order valence-corrected chi connectivity index (χ3v) is 4.88. The number of fused-ring (bicyclic) bond motifs is 3. The molecule has 2 aliphatic rings. The van der Waals surface area contributed by atoms with Gasteiger partial charge in [-0.15, -0.1) is 5.10 Å². The predicted molar refractivity (Wildman–Crippen MR) is 80.9 cm³/mol. The molecular formula is C16H20N4. The van der Waals surface area contributed by atoms with Crippen molar-refractivity contribution in [2.75, 3.05) is 11.9 Å². The highest BCUT2D eigenvalue weighted by atomic mass is 15.3. The molecule has 1 N–H and O–H groups in total. The SMILES string of the molecule is CN(c1nncc2ccccc12)C1CC2CCC(C1)N2. The first-order valence-corrected chi connectivity index (χ1v) is 7.50. The van der Waals surface area contributed by atoms with Gasteiger partial charge in [0.1, 0.15) is 0 Å². The van der Waals surface area contributed by atoms with Crippen LogP contribution >= 0.6 is 0 Å². The maximum atomic E-state index is 4.41. The zero-order valence-corrected chi connectivity index (χ0v) is 11.8. The van der Waals surface area contributed by atoms with Gasteiger partial charge < -0.3 is 10.2 Å². The van der Waals surface area contributed by atoms with Gasteiger partial charge in [0.15, 0.2) is 5.82 Å². The van der Waals surface area contributed by atoms with E-state index in [0.29, 0.717) is 18.1 Å². The number of nitrogens with one attached hydrogen (secondary N) is 1. The average Bonchev–Trinajstić information content (AvgIpc) is 2.84. The Kier molecular flexibility index (Phi) is 2.84. The van der Waals surface area contributed by atoms with Gasteiger partial charge in [-0.2, -0.15) is 5.10 Å². The number of rotatable bonds is 2. The monoisotopic (exact) mass is 268 g/mol. The van der Waals surface area contributed by atoms with Crippen molar-refractivity contribution in [1.29, 1.82) is 0 Å². The van der Waals surface area contributed by atoms with E-state index in [-0.39, 0.29) is 0 Å². The lowest BCUT2D eigenvalue weighted by Gasteiger charge is -2.36. The van der Waals surface area contributed by atoms with Crippen LogP contribution in [0.5, 0.6) is 0 Å². The van der Waals surface area contributed by atoms with Crippen LogP contribution in [0, 0.1) is 0 Å². The van der Waals surface area contributed by atoms with E-state index in [9.17, 15) is 0 Å². The Labute approximate surface area is 119 Å². The second-order valence-electron chi connectivity index (χ2n) is 6.13. The topological polar surface area (TPSA) is 41.1 Å². The van der Waals surface area contributed by atoms with Crippen molar-refractivity contribution in [2.45, 2.75) is 43.8 Å². The van der Waals surface area contributed by atoms with Crippen molar-refractivity contribution in [3.63, 3.8) is 0 Å². The zero-order chi connectivity index (χ0) is 13.5. The molecule has 20 heavy (non-hydrogen) atoms. The quantitative estimate of drug-likeness (QED) is 0.907. The summed E-state index contributed by atoms with van der Waals surface area (Å²) in [5, 5.41) is 14.7. The molecule has 2 saturated heterocycles. The molecule has 3 heterocycles. The first kappa shape index (κ1) is 12.1. The fourth-order valence-corrected chi connectivity index (χ4v) is 3.79. The molecule has 1 aromatic heterocycles. The van der Waals surface area contributed by atoms with E-state index in [1.54, 1.807) is 0 Å². The van der Waals surface area contributed by atoms with Crippen molar-refractivity contribution in [2.24, 2.45) is 0 Å². The van der Waals surface area contributed by atoms with Gasteiger partial charge in [0.2, 0.25) is 0 Å². The summed E-state index contributed by atoms with van der Waals surface area (Å²) < 4.78 is 0. The molecule has 4 nitrogen and oxygen atoms in total. The normalized spacial score (nSPS) is 28.8. The summed E-state index contributed by atoms with van der Waals surface area (Å²) in [5.74, 6) is 1.02. The Balaban J connectivity index is 1.68. The van der Waals surface area contributed by atoms with Crippen LogP contribution in [0.3, 0.4) is 0 Å². The summed E-state index contributed by atoms with van der Waals surface area (Å²) in [4.78, 5) is 2.35. The average molecular weight is 268 g/mol. The van der Waals surface area contributed by atoms with Gasteiger partial charge in [-0.3, -0.25) is 0 Å². The molecule has 0 amide bonds. The summed E-state index contributed by atoms with van der Waals surface area (Å²) in [5.41, 5.74) is 0. The van der Waals surface area contributed by atoms with E-state index >= 15 is 0 Å². The van der Waals surface area contributed by atoms with Crippen molar-refractivity contribution < 1.29 is 0 Å². The first-order chi connectivity index (χ1) is 9.81. The maximum absolute atomic E-state index is 4.41. The molecule has 0 saturated carbocycles. The van der Waals surface area contributed by atoms with Crippen LogP contribution in [0.1, 0.15) is 25.7 Å². The highest BCUT2D eigenvalue weighted by Crippen LogP contribution is 2.32. The second kappa shape index (κ2) is 4.70. The highest BCUT2D eigenvalue weighted by Gasteiger charge is 2.35. The Morgan fingerprint density at radius 2 is 1.90 bits per heavy atom. The Morgan fingerprint density at radius 1 is 1.15 bits per heavy atom. The van der Waals surface area contributed by atoms with Gasteiger partial charge in [0, 0.05) is 35.9 Å². The standard InChI is InChI=1S/C16H20N4/c1-20(14-8-12-6-7-13(9-14)18-12)16-15-5-3-2-4-11(15)10-17-19-16/h2-5,10,12-14,18H,6-9H2,1H3. The van der Waals surface area contributed by atoms with Gasteiger partial charge >= 0.3 is 0 Å².